The maximum atomic E-state index is 12.9. The average Bonchev–Trinajstić information content (AvgIpc) is 3.43. The van der Waals surface area contributed by atoms with Crippen molar-refractivity contribution in [1.82, 2.24) is 9.80 Å². The summed E-state index contributed by atoms with van der Waals surface area (Å²) in [5.41, 5.74) is 1.91. The third kappa shape index (κ3) is 4.58. The molecule has 0 unspecified atom stereocenters. The molecule has 2 saturated carbocycles. The topological polar surface area (TPSA) is 53.0 Å². The van der Waals surface area contributed by atoms with Gasteiger partial charge in [0.05, 0.1) is 19.1 Å². The number of nitrogens with zero attached hydrogens (tertiary/aromatic N) is 2. The molecule has 3 aliphatic rings. The highest BCUT2D eigenvalue weighted by molar-refractivity contribution is 5.79. The molecule has 0 radical (unpaired) electrons. The first-order valence-electron chi connectivity index (χ1n) is 10.8. The second-order valence-electron chi connectivity index (χ2n) is 9.29. The molecule has 3 fully saturated rings. The molecular weight excluding hydrogens is 352 g/mol. The second-order valence-corrected chi connectivity index (χ2v) is 9.29. The zero-order chi connectivity index (χ0) is 19.7. The monoisotopic (exact) mass is 386 g/mol. The first-order valence-corrected chi connectivity index (χ1v) is 10.8. The van der Waals surface area contributed by atoms with Crippen LogP contribution in [0.15, 0.2) is 24.3 Å². The van der Waals surface area contributed by atoms with Gasteiger partial charge in [0.2, 0.25) is 5.91 Å². The predicted molar refractivity (Wildman–Crippen MR) is 109 cm³/mol. The Bertz CT molecular complexity index is 671. The molecule has 2 aliphatic carbocycles. The van der Waals surface area contributed by atoms with Gasteiger partial charge < -0.3 is 19.6 Å². The summed E-state index contributed by atoms with van der Waals surface area (Å²) in [5, 5.41) is 9.17. The molecule has 1 aliphatic heterocycles. The van der Waals surface area contributed by atoms with Crippen molar-refractivity contribution >= 4 is 5.91 Å². The van der Waals surface area contributed by atoms with Crippen LogP contribution in [0.5, 0.6) is 0 Å². The van der Waals surface area contributed by atoms with E-state index in [1.54, 1.807) is 0 Å². The zero-order valence-electron chi connectivity index (χ0n) is 17.2. The fraction of sp³-hybridized carbons (Fsp3) is 0.696. The molecular formula is C23H34N2O3. The minimum Gasteiger partial charge on any atom is -0.392 e. The fourth-order valence-corrected chi connectivity index (χ4v) is 4.91. The maximum Gasteiger partial charge on any atom is 0.227 e. The highest BCUT2D eigenvalue weighted by Crippen LogP contribution is 2.40. The van der Waals surface area contributed by atoms with E-state index in [0.29, 0.717) is 30.4 Å². The minimum absolute atomic E-state index is 0.0424. The Balaban J connectivity index is 1.35. The molecule has 0 bridgehead atoms. The van der Waals surface area contributed by atoms with E-state index in [4.69, 9.17) is 9.84 Å². The minimum atomic E-state index is 0.0424. The first kappa shape index (κ1) is 19.9. The van der Waals surface area contributed by atoms with Crippen molar-refractivity contribution in [3.63, 3.8) is 0 Å². The van der Waals surface area contributed by atoms with E-state index >= 15 is 0 Å². The molecule has 1 N–H and O–H groups in total. The summed E-state index contributed by atoms with van der Waals surface area (Å²) in [6.07, 6.45) is 5.61. The van der Waals surface area contributed by atoms with Crippen LogP contribution in [-0.2, 0) is 22.6 Å². The summed E-state index contributed by atoms with van der Waals surface area (Å²) < 4.78 is 6.34. The van der Waals surface area contributed by atoms with Gasteiger partial charge in [0.15, 0.2) is 0 Å². The van der Waals surface area contributed by atoms with E-state index in [1.807, 2.05) is 24.3 Å². The Morgan fingerprint density at radius 1 is 1.11 bits per heavy atom. The number of aliphatic hydroxyl groups is 1. The molecule has 154 valence electrons. The normalized spacial score (nSPS) is 29.9. The molecule has 5 nitrogen and oxygen atoms in total. The molecule has 1 heterocycles. The summed E-state index contributed by atoms with van der Waals surface area (Å²) >= 11 is 0. The summed E-state index contributed by atoms with van der Waals surface area (Å²) in [6, 6.07) is 8.17. The molecule has 4 rings (SSSR count). The van der Waals surface area contributed by atoms with Crippen molar-refractivity contribution in [3.05, 3.63) is 35.4 Å². The Hall–Kier alpha value is -1.43. The number of carbonyl (C=O) groups is 1. The standard InChI is InChI=1S/C23H34N2O3/c1-24(2)21-10-19-12-25(13-20(19)11-22(21)28-15-18-7-8-18)23(27)9-16-3-5-17(14-26)6-4-16/h3-6,18-22,26H,7-15H2,1-2H3/t19-,20+,21-,22-/m1/s1. The van der Waals surface area contributed by atoms with E-state index in [0.717, 1.165) is 49.6 Å². The van der Waals surface area contributed by atoms with Crippen molar-refractivity contribution < 1.29 is 14.6 Å². The molecule has 5 heteroatoms. The number of benzene rings is 1. The lowest BCUT2D eigenvalue weighted by Crippen LogP contribution is -2.48. The van der Waals surface area contributed by atoms with E-state index in [9.17, 15) is 4.79 Å². The Morgan fingerprint density at radius 3 is 2.36 bits per heavy atom. The number of hydrogen-bond acceptors (Lipinski definition) is 4. The molecule has 1 aromatic rings. The summed E-state index contributed by atoms with van der Waals surface area (Å²) in [4.78, 5) is 17.3. The van der Waals surface area contributed by atoms with Gasteiger partial charge in [-0.15, -0.1) is 0 Å². The van der Waals surface area contributed by atoms with Crippen molar-refractivity contribution in [2.75, 3.05) is 33.8 Å². The van der Waals surface area contributed by atoms with Gasteiger partial charge in [-0.2, -0.15) is 0 Å². The third-order valence-corrected chi connectivity index (χ3v) is 6.90. The molecule has 1 amide bonds. The lowest BCUT2D eigenvalue weighted by atomic mass is 9.77. The first-order chi connectivity index (χ1) is 13.5. The molecule has 1 saturated heterocycles. The SMILES string of the molecule is CN(C)[C@@H]1C[C@@H]2CN(C(=O)Cc3ccc(CO)cc3)C[C@@H]2C[C@H]1OCC1CC1. The number of ether oxygens (including phenoxy) is 1. The van der Waals surface area contributed by atoms with Crippen molar-refractivity contribution in [2.24, 2.45) is 17.8 Å². The number of aliphatic hydroxyl groups excluding tert-OH is 1. The van der Waals surface area contributed by atoms with Gasteiger partial charge >= 0.3 is 0 Å². The number of likely N-dealkylation sites (N-methyl/N-ethyl adjacent to an activating group) is 1. The molecule has 1 aromatic carbocycles. The number of amides is 1. The largest absolute Gasteiger partial charge is 0.392 e. The van der Waals surface area contributed by atoms with Crippen LogP contribution in [0.3, 0.4) is 0 Å². The van der Waals surface area contributed by atoms with E-state index in [1.165, 1.54) is 12.8 Å². The molecule has 0 spiro atoms. The molecule has 0 aromatic heterocycles. The van der Waals surface area contributed by atoms with Gasteiger partial charge in [-0.25, -0.2) is 0 Å². The molecule has 4 atom stereocenters. The van der Waals surface area contributed by atoms with Crippen LogP contribution < -0.4 is 0 Å². The Labute approximate surface area is 168 Å². The van der Waals surface area contributed by atoms with Crippen molar-refractivity contribution in [3.8, 4) is 0 Å². The third-order valence-electron chi connectivity index (χ3n) is 6.90. The Kier molecular flexibility index (Phi) is 6.04. The van der Waals surface area contributed by atoms with Crippen LogP contribution in [0.25, 0.3) is 0 Å². The van der Waals surface area contributed by atoms with Gasteiger partial charge in [0.25, 0.3) is 0 Å². The second kappa shape index (κ2) is 8.52. The van der Waals surface area contributed by atoms with Crippen LogP contribution in [0, 0.1) is 17.8 Å². The summed E-state index contributed by atoms with van der Waals surface area (Å²) in [7, 11) is 4.32. The summed E-state index contributed by atoms with van der Waals surface area (Å²) in [5.74, 6) is 2.18. The average molecular weight is 387 g/mol. The van der Waals surface area contributed by atoms with Gasteiger partial charge in [0.1, 0.15) is 0 Å². The maximum absolute atomic E-state index is 12.9. The number of carbonyl (C=O) groups excluding carboxylic acids is 1. The number of hydrogen-bond donors (Lipinski definition) is 1. The van der Waals surface area contributed by atoms with Crippen LogP contribution in [0.4, 0.5) is 0 Å². The van der Waals surface area contributed by atoms with E-state index in [2.05, 4.69) is 23.9 Å². The zero-order valence-corrected chi connectivity index (χ0v) is 17.2. The van der Waals surface area contributed by atoms with Gasteiger partial charge in [-0.3, -0.25) is 4.79 Å². The number of likely N-dealkylation sites (tertiary alicyclic amines) is 1. The predicted octanol–water partition coefficient (Wildman–Crippen LogP) is 2.32. The van der Waals surface area contributed by atoms with Crippen LogP contribution in [0.2, 0.25) is 0 Å². The quantitative estimate of drug-likeness (QED) is 0.781. The smallest absolute Gasteiger partial charge is 0.227 e. The highest BCUT2D eigenvalue weighted by Gasteiger charge is 2.44. The van der Waals surface area contributed by atoms with Crippen LogP contribution in [0.1, 0.15) is 36.8 Å². The van der Waals surface area contributed by atoms with Crippen LogP contribution in [-0.4, -0.2) is 66.8 Å². The van der Waals surface area contributed by atoms with Crippen LogP contribution >= 0.6 is 0 Å². The number of fused-ring (bicyclic) bond motifs is 1. The van der Waals surface area contributed by atoms with Crippen molar-refractivity contribution in [1.29, 1.82) is 0 Å². The lowest BCUT2D eigenvalue weighted by molar-refractivity contribution is -0.129. The fourth-order valence-electron chi connectivity index (χ4n) is 4.91. The van der Waals surface area contributed by atoms with Crippen molar-refractivity contribution in [2.45, 2.75) is 50.9 Å². The highest BCUT2D eigenvalue weighted by atomic mass is 16.5. The number of rotatable bonds is 7. The van der Waals surface area contributed by atoms with E-state index in [-0.39, 0.29) is 12.5 Å². The van der Waals surface area contributed by atoms with Gasteiger partial charge in [-0.1, -0.05) is 24.3 Å². The summed E-state index contributed by atoms with van der Waals surface area (Å²) in [6.45, 7) is 2.72. The van der Waals surface area contributed by atoms with Gasteiger partial charge in [0, 0.05) is 25.7 Å². The molecule has 28 heavy (non-hydrogen) atoms. The Morgan fingerprint density at radius 2 is 1.75 bits per heavy atom. The lowest BCUT2D eigenvalue weighted by Gasteiger charge is -2.41. The van der Waals surface area contributed by atoms with Gasteiger partial charge in [-0.05, 0) is 68.7 Å². The van der Waals surface area contributed by atoms with E-state index < -0.39 is 0 Å².